The number of hydrogen-bond donors (Lipinski definition) is 5. The molecule has 0 spiro atoms. The van der Waals surface area contributed by atoms with Crippen LogP contribution in [0, 0.1) is 0 Å². The summed E-state index contributed by atoms with van der Waals surface area (Å²) in [5, 5.41) is 37.7. The largest absolute Gasteiger partial charge is 0.481 e. The lowest BCUT2D eigenvalue weighted by atomic mass is 10.0. The fourth-order valence-corrected chi connectivity index (χ4v) is 2.44. The number of carboxylic acids is 1. The zero-order chi connectivity index (χ0) is 16.7. The van der Waals surface area contributed by atoms with Crippen LogP contribution in [0.2, 0.25) is 0 Å². The number of H-pyrrole nitrogens is 1. The Bertz CT molecular complexity index is 695. The van der Waals surface area contributed by atoms with Crippen LogP contribution >= 0.6 is 0 Å². The molecule has 10 nitrogen and oxygen atoms in total. The first-order valence-corrected chi connectivity index (χ1v) is 6.42. The molecule has 1 fully saturated rings. The second-order valence-electron chi connectivity index (χ2n) is 5.18. The maximum Gasteiger partial charge on any atom is 0.330 e. The maximum atomic E-state index is 11.9. The van der Waals surface area contributed by atoms with Crippen LogP contribution in [-0.2, 0) is 21.7 Å². The Balaban J connectivity index is 2.54. The molecule has 5 N–H and O–H groups in total. The Morgan fingerprint density at radius 1 is 1.45 bits per heavy atom. The fraction of sp³-hybridized carbons (Fsp3) is 0.583. The van der Waals surface area contributed by atoms with Crippen molar-refractivity contribution >= 4 is 5.97 Å². The molecule has 10 heteroatoms. The van der Waals surface area contributed by atoms with Crippen molar-refractivity contribution in [1.29, 1.82) is 0 Å². The Hall–Kier alpha value is -2.01. The minimum Gasteiger partial charge on any atom is -0.481 e. The van der Waals surface area contributed by atoms with E-state index in [0.717, 1.165) is 10.8 Å². The van der Waals surface area contributed by atoms with E-state index < -0.39 is 54.3 Å². The minimum absolute atomic E-state index is 0.217. The molecule has 1 aliphatic heterocycles. The third-order valence-corrected chi connectivity index (χ3v) is 3.66. The second kappa shape index (κ2) is 5.65. The van der Waals surface area contributed by atoms with Gasteiger partial charge in [0, 0.05) is 11.8 Å². The Kier molecular flexibility index (Phi) is 4.20. The van der Waals surface area contributed by atoms with Gasteiger partial charge in [-0.25, -0.2) is 4.79 Å². The normalized spacial score (nSPS) is 31.4. The Morgan fingerprint density at radius 3 is 2.59 bits per heavy atom. The summed E-state index contributed by atoms with van der Waals surface area (Å²) in [6, 6.07) is 0. The number of nitrogens with one attached hydrogen (secondary N) is 1. The number of rotatable bonds is 4. The summed E-state index contributed by atoms with van der Waals surface area (Å²) in [5.41, 5.74) is -3.78. The summed E-state index contributed by atoms with van der Waals surface area (Å²) in [5.74, 6) is -1.28. The fourth-order valence-electron chi connectivity index (χ4n) is 2.44. The van der Waals surface area contributed by atoms with E-state index in [1.54, 1.807) is 0 Å². The first-order chi connectivity index (χ1) is 10.2. The van der Waals surface area contributed by atoms with Crippen molar-refractivity contribution < 1.29 is 30.0 Å². The van der Waals surface area contributed by atoms with Gasteiger partial charge in [0.2, 0.25) is 0 Å². The van der Waals surface area contributed by atoms with E-state index in [1.807, 2.05) is 4.98 Å². The van der Waals surface area contributed by atoms with Gasteiger partial charge in [-0.2, -0.15) is 0 Å². The quantitative estimate of drug-likeness (QED) is 0.391. The van der Waals surface area contributed by atoms with E-state index in [9.17, 15) is 24.6 Å². The molecule has 0 bridgehead atoms. The molecule has 0 amide bonds. The lowest BCUT2D eigenvalue weighted by molar-refractivity contribution is -0.138. The van der Waals surface area contributed by atoms with Gasteiger partial charge >= 0.3 is 11.7 Å². The Labute approximate surface area is 123 Å². The number of carbonyl (C=O) groups is 1. The van der Waals surface area contributed by atoms with Crippen molar-refractivity contribution in [3.05, 3.63) is 32.6 Å². The molecule has 0 radical (unpaired) electrons. The standard InChI is InChI=1S/C12H16N2O8/c1-12(9(19)8(18)6(4-15)22-12)14-3-5(2-7(16)17)10(20)13-11(14)21/h3,6,8-9,15,18-19H,2,4H2,1H3,(H,16,17)(H,13,20,21)/t6-,8-,9-,12-/m1/s1. The zero-order valence-corrected chi connectivity index (χ0v) is 11.6. The van der Waals surface area contributed by atoms with Crippen LogP contribution < -0.4 is 11.2 Å². The van der Waals surface area contributed by atoms with Gasteiger partial charge in [-0.05, 0) is 6.92 Å². The van der Waals surface area contributed by atoms with Gasteiger partial charge in [0.25, 0.3) is 5.56 Å². The molecule has 2 rings (SSSR count). The van der Waals surface area contributed by atoms with Crippen molar-refractivity contribution in [2.75, 3.05) is 6.61 Å². The van der Waals surface area contributed by atoms with E-state index >= 15 is 0 Å². The molecule has 1 aromatic heterocycles. The molecule has 0 aliphatic carbocycles. The topological polar surface area (TPSA) is 162 Å². The smallest absolute Gasteiger partial charge is 0.330 e. The molecule has 0 saturated carbocycles. The summed E-state index contributed by atoms with van der Waals surface area (Å²) in [7, 11) is 0. The molecule has 1 saturated heterocycles. The van der Waals surface area contributed by atoms with Crippen molar-refractivity contribution in [3.63, 3.8) is 0 Å². The molecule has 1 aliphatic rings. The van der Waals surface area contributed by atoms with Crippen LogP contribution in [0.5, 0.6) is 0 Å². The number of nitrogens with zero attached hydrogens (tertiary/aromatic N) is 1. The summed E-state index contributed by atoms with van der Waals surface area (Å²) in [6.45, 7) is 0.689. The first-order valence-electron chi connectivity index (χ1n) is 6.42. The van der Waals surface area contributed by atoms with Gasteiger partial charge < -0.3 is 25.2 Å². The van der Waals surface area contributed by atoms with Crippen LogP contribution in [0.15, 0.2) is 15.8 Å². The van der Waals surface area contributed by atoms with E-state index in [0.29, 0.717) is 0 Å². The van der Waals surface area contributed by atoms with E-state index in [2.05, 4.69) is 0 Å². The average Bonchev–Trinajstić information content (AvgIpc) is 2.66. The highest BCUT2D eigenvalue weighted by Crippen LogP contribution is 2.34. The van der Waals surface area contributed by atoms with Gasteiger partial charge in [0.15, 0.2) is 5.72 Å². The summed E-state index contributed by atoms with van der Waals surface area (Å²) in [6.07, 6.45) is -3.80. The molecule has 2 heterocycles. The monoisotopic (exact) mass is 316 g/mol. The number of ether oxygens (including phenoxy) is 1. The van der Waals surface area contributed by atoms with Gasteiger partial charge in [-0.15, -0.1) is 0 Å². The van der Waals surface area contributed by atoms with Crippen molar-refractivity contribution in [3.8, 4) is 0 Å². The van der Waals surface area contributed by atoms with Gasteiger partial charge in [-0.3, -0.25) is 19.1 Å². The number of aromatic amines is 1. The highest BCUT2D eigenvalue weighted by atomic mass is 16.6. The highest BCUT2D eigenvalue weighted by Gasteiger charge is 2.52. The summed E-state index contributed by atoms with van der Waals surface area (Å²) < 4.78 is 6.13. The number of aliphatic carboxylic acids is 1. The molecule has 4 atom stereocenters. The maximum absolute atomic E-state index is 11.9. The molecule has 0 unspecified atom stereocenters. The molecule has 22 heavy (non-hydrogen) atoms. The number of aliphatic hydroxyl groups excluding tert-OH is 3. The number of aliphatic hydroxyl groups is 3. The summed E-state index contributed by atoms with van der Waals surface area (Å²) in [4.78, 5) is 36.2. The zero-order valence-electron chi connectivity index (χ0n) is 11.6. The van der Waals surface area contributed by atoms with Crippen LogP contribution in [0.1, 0.15) is 12.5 Å². The molecule has 0 aromatic carbocycles. The second-order valence-corrected chi connectivity index (χ2v) is 5.18. The van der Waals surface area contributed by atoms with Crippen LogP contribution in [0.3, 0.4) is 0 Å². The van der Waals surface area contributed by atoms with E-state index in [1.165, 1.54) is 6.92 Å². The summed E-state index contributed by atoms with van der Waals surface area (Å²) >= 11 is 0. The highest BCUT2D eigenvalue weighted by molar-refractivity contribution is 5.69. The van der Waals surface area contributed by atoms with Crippen LogP contribution in [0.25, 0.3) is 0 Å². The van der Waals surface area contributed by atoms with Gasteiger partial charge in [0.05, 0.1) is 13.0 Å². The lowest BCUT2D eigenvalue weighted by Crippen LogP contribution is -2.50. The number of carboxylic acid groups (broad SMARTS) is 1. The van der Waals surface area contributed by atoms with Crippen molar-refractivity contribution in [1.82, 2.24) is 9.55 Å². The lowest BCUT2D eigenvalue weighted by Gasteiger charge is -2.29. The third-order valence-electron chi connectivity index (χ3n) is 3.66. The molecular weight excluding hydrogens is 300 g/mol. The van der Waals surface area contributed by atoms with Gasteiger partial charge in [0.1, 0.15) is 18.3 Å². The molecule has 1 aromatic rings. The Morgan fingerprint density at radius 2 is 2.09 bits per heavy atom. The van der Waals surface area contributed by atoms with E-state index in [4.69, 9.17) is 14.9 Å². The van der Waals surface area contributed by atoms with Crippen molar-refractivity contribution in [2.45, 2.75) is 37.4 Å². The predicted molar refractivity (Wildman–Crippen MR) is 70.3 cm³/mol. The van der Waals surface area contributed by atoms with Crippen LogP contribution in [0.4, 0.5) is 0 Å². The van der Waals surface area contributed by atoms with Gasteiger partial charge in [-0.1, -0.05) is 0 Å². The third kappa shape index (κ3) is 2.57. The predicted octanol–water partition coefficient (Wildman–Crippen LogP) is -3.05. The van der Waals surface area contributed by atoms with Crippen molar-refractivity contribution in [2.24, 2.45) is 0 Å². The van der Waals surface area contributed by atoms with Crippen LogP contribution in [-0.4, -0.2) is 60.9 Å². The molecular formula is C12H16N2O8. The number of hydrogen-bond acceptors (Lipinski definition) is 7. The first kappa shape index (κ1) is 16.4. The van der Waals surface area contributed by atoms with E-state index in [-0.39, 0.29) is 5.56 Å². The molecule has 122 valence electrons. The number of aromatic nitrogens is 2. The SMILES string of the molecule is C[C@@]1(n2cc(CC(=O)O)c(=O)[nH]c2=O)O[C@H](CO)[C@@H](O)[C@H]1O. The minimum atomic E-state index is -1.76. The average molecular weight is 316 g/mol.